The molecule has 0 atom stereocenters. The maximum Gasteiger partial charge on any atom is 0.230 e. The summed E-state index contributed by atoms with van der Waals surface area (Å²) in [6, 6.07) is 7.78. The molecule has 1 aromatic rings. The zero-order chi connectivity index (χ0) is 13.1. The third-order valence-electron chi connectivity index (χ3n) is 2.97. The first-order chi connectivity index (χ1) is 8.56. The van der Waals surface area contributed by atoms with E-state index in [1.807, 2.05) is 29.2 Å². The summed E-state index contributed by atoms with van der Waals surface area (Å²) < 4.78 is 0. The smallest absolute Gasteiger partial charge is 0.230 e. The van der Waals surface area contributed by atoms with Crippen LogP contribution in [-0.2, 0) is 16.1 Å². The Labute approximate surface area is 112 Å². The van der Waals surface area contributed by atoms with Crippen molar-refractivity contribution in [2.75, 3.05) is 0 Å². The molecule has 4 heteroatoms. The van der Waals surface area contributed by atoms with Gasteiger partial charge in [0.25, 0.3) is 0 Å². The number of hydrogen-bond donors (Lipinski definition) is 0. The molecule has 0 unspecified atom stereocenters. The molecule has 1 aliphatic carbocycles. The van der Waals surface area contributed by atoms with Crippen molar-refractivity contribution >= 4 is 23.3 Å². The fourth-order valence-corrected chi connectivity index (χ4v) is 2.03. The van der Waals surface area contributed by atoms with Gasteiger partial charge in [-0.3, -0.25) is 9.59 Å². The summed E-state index contributed by atoms with van der Waals surface area (Å²) in [7, 11) is 0. The number of nitrogens with zero attached hydrogens (tertiary/aromatic N) is 1. The van der Waals surface area contributed by atoms with E-state index in [-0.39, 0.29) is 18.1 Å². The quantitative estimate of drug-likeness (QED) is 0.768. The Kier molecular flexibility index (Phi) is 4.02. The van der Waals surface area contributed by atoms with E-state index >= 15 is 0 Å². The van der Waals surface area contributed by atoms with E-state index in [2.05, 4.69) is 0 Å². The van der Waals surface area contributed by atoms with Crippen molar-refractivity contribution in [3.63, 3.8) is 0 Å². The Morgan fingerprint density at radius 1 is 1.28 bits per heavy atom. The van der Waals surface area contributed by atoms with E-state index < -0.39 is 0 Å². The zero-order valence-corrected chi connectivity index (χ0v) is 11.1. The minimum atomic E-state index is -0.0817. The largest absolute Gasteiger partial charge is 0.335 e. The number of amides is 1. The summed E-state index contributed by atoms with van der Waals surface area (Å²) in [5.74, 6) is -0.151. The first kappa shape index (κ1) is 13.1. The summed E-state index contributed by atoms with van der Waals surface area (Å²) in [5.41, 5.74) is 1.04. The Morgan fingerprint density at radius 3 is 2.39 bits per heavy atom. The molecule has 1 aromatic carbocycles. The Morgan fingerprint density at radius 2 is 1.89 bits per heavy atom. The summed E-state index contributed by atoms with van der Waals surface area (Å²) >= 11 is 5.83. The number of carbonyl (C=O) groups is 2. The molecule has 0 N–H and O–H groups in total. The number of Topliss-reactive ketones (excluding diaryl/α,β-unsaturated/α-hetero) is 1. The highest BCUT2D eigenvalue weighted by molar-refractivity contribution is 6.30. The SMILES string of the molecule is CC(=O)CC(=O)N(Cc1ccc(Cl)cc1)C1CC1. The van der Waals surface area contributed by atoms with Crippen molar-refractivity contribution in [3.8, 4) is 0 Å². The van der Waals surface area contributed by atoms with Crippen LogP contribution in [0.2, 0.25) is 5.02 Å². The number of hydrogen-bond acceptors (Lipinski definition) is 2. The maximum atomic E-state index is 12.0. The molecular formula is C14H16ClNO2. The molecule has 0 saturated heterocycles. The highest BCUT2D eigenvalue weighted by atomic mass is 35.5. The molecule has 0 aromatic heterocycles. The molecule has 1 saturated carbocycles. The van der Waals surface area contributed by atoms with Crippen LogP contribution in [0.15, 0.2) is 24.3 Å². The number of benzene rings is 1. The van der Waals surface area contributed by atoms with Gasteiger partial charge in [0.2, 0.25) is 5.91 Å². The third-order valence-corrected chi connectivity index (χ3v) is 3.23. The van der Waals surface area contributed by atoms with E-state index in [1.165, 1.54) is 6.92 Å². The lowest BCUT2D eigenvalue weighted by Gasteiger charge is -2.22. The minimum Gasteiger partial charge on any atom is -0.335 e. The number of halogens is 1. The summed E-state index contributed by atoms with van der Waals surface area (Å²) in [6.45, 7) is 2.01. The third kappa shape index (κ3) is 3.57. The summed E-state index contributed by atoms with van der Waals surface area (Å²) in [5, 5.41) is 0.687. The van der Waals surface area contributed by atoms with Crippen molar-refractivity contribution in [3.05, 3.63) is 34.9 Å². The topological polar surface area (TPSA) is 37.4 Å². The van der Waals surface area contributed by atoms with Crippen LogP contribution in [0.1, 0.15) is 31.7 Å². The Hall–Kier alpha value is -1.35. The van der Waals surface area contributed by atoms with E-state index in [9.17, 15) is 9.59 Å². The lowest BCUT2D eigenvalue weighted by Crippen LogP contribution is -2.33. The highest BCUT2D eigenvalue weighted by Gasteiger charge is 2.32. The van der Waals surface area contributed by atoms with E-state index in [1.54, 1.807) is 0 Å². The van der Waals surface area contributed by atoms with Gasteiger partial charge < -0.3 is 4.90 Å². The molecule has 0 heterocycles. The van der Waals surface area contributed by atoms with E-state index in [0.29, 0.717) is 17.6 Å². The molecule has 1 amide bonds. The normalized spacial score (nSPS) is 14.3. The van der Waals surface area contributed by atoms with Crippen LogP contribution in [0.5, 0.6) is 0 Å². The van der Waals surface area contributed by atoms with Gasteiger partial charge in [-0.1, -0.05) is 23.7 Å². The average Bonchev–Trinajstić information content (AvgIpc) is 3.11. The van der Waals surface area contributed by atoms with Crippen LogP contribution in [0.25, 0.3) is 0 Å². The second kappa shape index (κ2) is 5.53. The first-order valence-corrected chi connectivity index (χ1v) is 6.47. The average molecular weight is 266 g/mol. The number of rotatable bonds is 5. The molecular weight excluding hydrogens is 250 g/mol. The predicted octanol–water partition coefficient (Wildman–Crippen LogP) is 2.81. The van der Waals surface area contributed by atoms with Gasteiger partial charge in [0.1, 0.15) is 5.78 Å². The van der Waals surface area contributed by atoms with Gasteiger partial charge in [-0.2, -0.15) is 0 Å². The van der Waals surface area contributed by atoms with Crippen molar-refractivity contribution in [2.45, 2.75) is 38.8 Å². The molecule has 1 aliphatic rings. The second-order valence-corrected chi connectivity index (χ2v) is 5.19. The zero-order valence-electron chi connectivity index (χ0n) is 10.4. The van der Waals surface area contributed by atoms with Gasteiger partial charge in [0.15, 0.2) is 0 Å². The van der Waals surface area contributed by atoms with Crippen LogP contribution in [0, 0.1) is 0 Å². The summed E-state index contributed by atoms with van der Waals surface area (Å²) in [6.07, 6.45) is 2.08. The predicted molar refractivity (Wildman–Crippen MR) is 70.3 cm³/mol. The van der Waals surface area contributed by atoms with Crippen molar-refractivity contribution in [2.24, 2.45) is 0 Å². The van der Waals surface area contributed by atoms with E-state index in [0.717, 1.165) is 18.4 Å². The molecule has 1 fully saturated rings. The van der Waals surface area contributed by atoms with Crippen molar-refractivity contribution in [1.29, 1.82) is 0 Å². The standard InChI is InChI=1S/C14H16ClNO2/c1-10(17)8-14(18)16(13-6-7-13)9-11-2-4-12(15)5-3-11/h2-5,13H,6-9H2,1H3. The molecule has 0 bridgehead atoms. The number of carbonyl (C=O) groups excluding carboxylic acids is 2. The van der Waals surface area contributed by atoms with Gasteiger partial charge >= 0.3 is 0 Å². The maximum absolute atomic E-state index is 12.0. The van der Waals surface area contributed by atoms with Crippen LogP contribution in [-0.4, -0.2) is 22.6 Å². The lowest BCUT2D eigenvalue weighted by atomic mass is 10.2. The van der Waals surface area contributed by atoms with Crippen LogP contribution >= 0.6 is 11.6 Å². The van der Waals surface area contributed by atoms with Gasteiger partial charge in [-0.05, 0) is 37.5 Å². The fourth-order valence-electron chi connectivity index (χ4n) is 1.91. The van der Waals surface area contributed by atoms with Crippen LogP contribution < -0.4 is 0 Å². The molecule has 0 spiro atoms. The summed E-state index contributed by atoms with van der Waals surface area (Å²) in [4.78, 5) is 24.8. The van der Waals surface area contributed by atoms with Gasteiger partial charge in [0.05, 0.1) is 6.42 Å². The number of ketones is 1. The van der Waals surface area contributed by atoms with E-state index in [4.69, 9.17) is 11.6 Å². The van der Waals surface area contributed by atoms with Crippen LogP contribution in [0.4, 0.5) is 0 Å². The molecule has 96 valence electrons. The van der Waals surface area contributed by atoms with Crippen molar-refractivity contribution in [1.82, 2.24) is 4.90 Å². The molecule has 18 heavy (non-hydrogen) atoms. The fraction of sp³-hybridized carbons (Fsp3) is 0.429. The lowest BCUT2D eigenvalue weighted by molar-refractivity contribution is -0.135. The second-order valence-electron chi connectivity index (χ2n) is 4.76. The van der Waals surface area contributed by atoms with Gasteiger partial charge in [-0.15, -0.1) is 0 Å². The molecule has 0 aliphatic heterocycles. The minimum absolute atomic E-state index is 0.00406. The Bertz CT molecular complexity index is 451. The Balaban J connectivity index is 2.04. The first-order valence-electron chi connectivity index (χ1n) is 6.09. The van der Waals surface area contributed by atoms with Gasteiger partial charge in [0, 0.05) is 17.6 Å². The van der Waals surface area contributed by atoms with Crippen molar-refractivity contribution < 1.29 is 9.59 Å². The highest BCUT2D eigenvalue weighted by Crippen LogP contribution is 2.29. The molecule has 2 rings (SSSR count). The monoisotopic (exact) mass is 265 g/mol. The van der Waals surface area contributed by atoms with Gasteiger partial charge in [-0.25, -0.2) is 0 Å². The van der Waals surface area contributed by atoms with Crippen LogP contribution in [0.3, 0.4) is 0 Å². The molecule has 0 radical (unpaired) electrons. The molecule has 3 nitrogen and oxygen atoms in total.